The standard InChI is InChI=1S/C14H23N3/c1-5-14(6-2,7-3)16-10-12-8-13(9-15)17(4)11-12/h8,11,16H,5-7,10H2,1-4H3. The van der Waals surface area contributed by atoms with E-state index >= 15 is 0 Å². The topological polar surface area (TPSA) is 40.8 Å². The molecule has 0 atom stereocenters. The monoisotopic (exact) mass is 233 g/mol. The smallest absolute Gasteiger partial charge is 0.120 e. The van der Waals surface area contributed by atoms with Gasteiger partial charge in [-0.2, -0.15) is 5.26 Å². The average molecular weight is 233 g/mol. The van der Waals surface area contributed by atoms with Gasteiger partial charge in [0.2, 0.25) is 0 Å². The zero-order valence-corrected chi connectivity index (χ0v) is 11.4. The van der Waals surface area contributed by atoms with E-state index in [1.165, 1.54) is 5.56 Å². The number of nitriles is 1. The Hall–Kier alpha value is -1.27. The van der Waals surface area contributed by atoms with Crippen LogP contribution in [0.25, 0.3) is 0 Å². The Labute approximate surface area is 104 Å². The number of hydrogen-bond donors (Lipinski definition) is 1. The summed E-state index contributed by atoms with van der Waals surface area (Å²) >= 11 is 0. The van der Waals surface area contributed by atoms with Gasteiger partial charge in [-0.1, -0.05) is 20.8 Å². The van der Waals surface area contributed by atoms with Crippen LogP contribution in [0.1, 0.15) is 51.3 Å². The van der Waals surface area contributed by atoms with Gasteiger partial charge in [0, 0.05) is 25.3 Å². The summed E-state index contributed by atoms with van der Waals surface area (Å²) in [6.45, 7) is 7.52. The van der Waals surface area contributed by atoms with Gasteiger partial charge < -0.3 is 9.88 Å². The van der Waals surface area contributed by atoms with Crippen LogP contribution in [-0.2, 0) is 13.6 Å². The second kappa shape index (κ2) is 5.88. The molecule has 1 heterocycles. The molecule has 0 aliphatic carbocycles. The molecule has 1 rings (SSSR count). The molecule has 94 valence electrons. The van der Waals surface area contributed by atoms with E-state index in [4.69, 9.17) is 5.26 Å². The van der Waals surface area contributed by atoms with Crippen molar-refractivity contribution in [2.45, 2.75) is 52.1 Å². The summed E-state index contributed by atoms with van der Waals surface area (Å²) < 4.78 is 1.88. The number of rotatable bonds is 6. The molecule has 0 saturated carbocycles. The van der Waals surface area contributed by atoms with Crippen LogP contribution >= 0.6 is 0 Å². The molecule has 3 nitrogen and oxygen atoms in total. The SMILES string of the molecule is CCC(CC)(CC)NCc1cc(C#N)n(C)c1. The maximum absolute atomic E-state index is 8.91. The van der Waals surface area contributed by atoms with Gasteiger partial charge in [0.1, 0.15) is 11.8 Å². The molecule has 1 N–H and O–H groups in total. The van der Waals surface area contributed by atoms with E-state index in [9.17, 15) is 0 Å². The fourth-order valence-electron chi connectivity index (χ4n) is 2.26. The first-order valence-electron chi connectivity index (χ1n) is 6.41. The molecular weight excluding hydrogens is 210 g/mol. The quantitative estimate of drug-likeness (QED) is 0.820. The van der Waals surface area contributed by atoms with E-state index < -0.39 is 0 Å². The summed E-state index contributed by atoms with van der Waals surface area (Å²) in [6.07, 6.45) is 5.44. The highest BCUT2D eigenvalue weighted by molar-refractivity contribution is 5.28. The molecule has 0 amide bonds. The molecule has 0 aliphatic heterocycles. The van der Waals surface area contributed by atoms with Gasteiger partial charge in [0.05, 0.1) is 0 Å². The van der Waals surface area contributed by atoms with Crippen molar-refractivity contribution in [1.29, 1.82) is 5.26 Å². The van der Waals surface area contributed by atoms with Crippen molar-refractivity contribution in [1.82, 2.24) is 9.88 Å². The third-order valence-corrected chi connectivity index (χ3v) is 3.87. The Morgan fingerprint density at radius 2 is 1.88 bits per heavy atom. The van der Waals surface area contributed by atoms with Crippen molar-refractivity contribution >= 4 is 0 Å². The second-order valence-corrected chi connectivity index (χ2v) is 4.65. The first kappa shape index (κ1) is 13.8. The summed E-state index contributed by atoms with van der Waals surface area (Å²) in [5, 5.41) is 12.5. The molecular formula is C14H23N3. The number of nitrogens with zero attached hydrogens (tertiary/aromatic N) is 2. The Morgan fingerprint density at radius 3 is 2.29 bits per heavy atom. The summed E-state index contributed by atoms with van der Waals surface area (Å²) in [5.41, 5.74) is 2.14. The Bertz CT molecular complexity index is 386. The first-order chi connectivity index (χ1) is 8.10. The summed E-state index contributed by atoms with van der Waals surface area (Å²) in [7, 11) is 1.91. The molecule has 0 unspecified atom stereocenters. The molecule has 0 bridgehead atoms. The normalized spacial score (nSPS) is 11.5. The Morgan fingerprint density at radius 1 is 1.29 bits per heavy atom. The van der Waals surface area contributed by atoms with Crippen molar-refractivity contribution in [2.75, 3.05) is 0 Å². The fraction of sp³-hybridized carbons (Fsp3) is 0.643. The minimum Gasteiger partial charge on any atom is -0.342 e. The first-order valence-corrected chi connectivity index (χ1v) is 6.41. The van der Waals surface area contributed by atoms with Gasteiger partial charge in [-0.15, -0.1) is 0 Å². The molecule has 0 aromatic carbocycles. The average Bonchev–Trinajstić information content (AvgIpc) is 2.72. The zero-order valence-electron chi connectivity index (χ0n) is 11.4. The summed E-state index contributed by atoms with van der Waals surface area (Å²) in [6, 6.07) is 4.15. The van der Waals surface area contributed by atoms with E-state index in [2.05, 4.69) is 32.2 Å². The van der Waals surface area contributed by atoms with Gasteiger partial charge in [-0.25, -0.2) is 0 Å². The van der Waals surface area contributed by atoms with Crippen molar-refractivity contribution < 1.29 is 0 Å². The highest BCUT2D eigenvalue weighted by Gasteiger charge is 2.22. The molecule has 0 radical (unpaired) electrons. The predicted molar refractivity (Wildman–Crippen MR) is 70.6 cm³/mol. The number of hydrogen-bond acceptors (Lipinski definition) is 2. The maximum Gasteiger partial charge on any atom is 0.120 e. The van der Waals surface area contributed by atoms with Crippen molar-refractivity contribution in [3.8, 4) is 6.07 Å². The number of nitrogens with one attached hydrogen (secondary N) is 1. The van der Waals surface area contributed by atoms with E-state index in [0.717, 1.165) is 31.5 Å². The second-order valence-electron chi connectivity index (χ2n) is 4.65. The maximum atomic E-state index is 8.91. The molecule has 1 aromatic heterocycles. The van der Waals surface area contributed by atoms with Gasteiger partial charge >= 0.3 is 0 Å². The van der Waals surface area contributed by atoms with Gasteiger partial charge in [-0.3, -0.25) is 0 Å². The van der Waals surface area contributed by atoms with Crippen LogP contribution in [-0.4, -0.2) is 10.1 Å². The van der Waals surface area contributed by atoms with Crippen LogP contribution in [0.3, 0.4) is 0 Å². The van der Waals surface area contributed by atoms with Crippen LogP contribution in [0.15, 0.2) is 12.3 Å². The van der Waals surface area contributed by atoms with Crippen molar-refractivity contribution in [2.24, 2.45) is 7.05 Å². The minimum absolute atomic E-state index is 0.239. The van der Waals surface area contributed by atoms with Gasteiger partial charge in [-0.05, 0) is 30.9 Å². The van der Waals surface area contributed by atoms with Gasteiger partial charge in [0.15, 0.2) is 0 Å². The highest BCUT2D eigenvalue weighted by Crippen LogP contribution is 2.20. The minimum atomic E-state index is 0.239. The molecule has 0 saturated heterocycles. The largest absolute Gasteiger partial charge is 0.342 e. The van der Waals surface area contributed by atoms with Crippen LogP contribution in [0.2, 0.25) is 0 Å². The Kier molecular flexibility index (Phi) is 4.77. The third kappa shape index (κ3) is 3.10. The lowest BCUT2D eigenvalue weighted by atomic mass is 9.89. The van der Waals surface area contributed by atoms with E-state index in [-0.39, 0.29) is 5.54 Å². The Balaban J connectivity index is 2.69. The number of aryl methyl sites for hydroxylation is 1. The lowest BCUT2D eigenvalue weighted by Gasteiger charge is -2.31. The van der Waals surface area contributed by atoms with Crippen LogP contribution < -0.4 is 5.32 Å². The fourth-order valence-corrected chi connectivity index (χ4v) is 2.26. The van der Waals surface area contributed by atoms with Crippen LogP contribution in [0.4, 0.5) is 0 Å². The van der Waals surface area contributed by atoms with E-state index in [1.54, 1.807) is 0 Å². The lowest BCUT2D eigenvalue weighted by Crippen LogP contribution is -2.42. The van der Waals surface area contributed by atoms with Crippen LogP contribution in [0, 0.1) is 11.3 Å². The zero-order chi connectivity index (χ0) is 12.9. The third-order valence-electron chi connectivity index (χ3n) is 3.87. The summed E-state index contributed by atoms with van der Waals surface area (Å²) in [5.74, 6) is 0. The molecule has 0 spiro atoms. The highest BCUT2D eigenvalue weighted by atomic mass is 15.0. The lowest BCUT2D eigenvalue weighted by molar-refractivity contribution is 0.288. The number of aromatic nitrogens is 1. The van der Waals surface area contributed by atoms with E-state index in [0.29, 0.717) is 0 Å². The van der Waals surface area contributed by atoms with E-state index in [1.807, 2.05) is 23.9 Å². The molecule has 3 heteroatoms. The molecule has 1 aromatic rings. The van der Waals surface area contributed by atoms with Crippen LogP contribution in [0.5, 0.6) is 0 Å². The van der Waals surface area contributed by atoms with Crippen molar-refractivity contribution in [3.63, 3.8) is 0 Å². The molecule has 0 aliphatic rings. The van der Waals surface area contributed by atoms with Crippen molar-refractivity contribution in [3.05, 3.63) is 23.5 Å². The summed E-state index contributed by atoms with van der Waals surface area (Å²) in [4.78, 5) is 0. The van der Waals surface area contributed by atoms with Gasteiger partial charge in [0.25, 0.3) is 0 Å². The molecule has 0 fully saturated rings. The molecule has 17 heavy (non-hydrogen) atoms. The predicted octanol–water partition coefficient (Wildman–Crippen LogP) is 2.96.